The zero-order valence-corrected chi connectivity index (χ0v) is 33.8. The summed E-state index contributed by atoms with van der Waals surface area (Å²) in [6, 6.07) is -0.606. The van der Waals surface area contributed by atoms with Crippen LogP contribution in [0.3, 0.4) is 0 Å². The molecule has 5 N–H and O–H groups in total. The fourth-order valence-electron chi connectivity index (χ4n) is 7.21. The first kappa shape index (κ1) is 42.6. The van der Waals surface area contributed by atoms with E-state index < -0.39 is 65.4 Å². The van der Waals surface area contributed by atoms with Crippen molar-refractivity contribution in [2.75, 3.05) is 26.1 Å². The van der Waals surface area contributed by atoms with Gasteiger partial charge >= 0.3 is 12.0 Å². The van der Waals surface area contributed by atoms with Crippen LogP contribution in [0.5, 0.6) is 17.9 Å². The van der Waals surface area contributed by atoms with Gasteiger partial charge in [-0.1, -0.05) is 65.0 Å². The number of pyridine rings is 1. The Morgan fingerprint density at radius 1 is 0.964 bits per heavy atom. The van der Waals surface area contributed by atoms with Crippen molar-refractivity contribution in [1.82, 2.24) is 40.8 Å². The number of aliphatic hydroxyl groups excluding tert-OH is 1. The third-order valence-corrected chi connectivity index (χ3v) is 10.6. The quantitative estimate of drug-likeness (QED) is 0.156. The predicted molar refractivity (Wildman–Crippen MR) is 206 cm³/mol. The lowest BCUT2D eigenvalue weighted by Crippen LogP contribution is -2.61. The number of anilines is 1. The molecule has 18 heteroatoms. The molecule has 56 heavy (non-hydrogen) atoms. The van der Waals surface area contributed by atoms with Crippen molar-refractivity contribution in [2.24, 2.45) is 11.3 Å². The first-order valence-corrected chi connectivity index (χ1v) is 19.9. The highest BCUT2D eigenvalue weighted by Crippen LogP contribution is 2.31. The Kier molecular flexibility index (Phi) is 14.5. The van der Waals surface area contributed by atoms with Gasteiger partial charge in [-0.3, -0.25) is 19.2 Å². The van der Waals surface area contributed by atoms with Gasteiger partial charge in [0.25, 0.3) is 5.91 Å². The van der Waals surface area contributed by atoms with Crippen LogP contribution in [0.4, 0.5) is 5.95 Å². The molecular weight excluding hydrogens is 746 g/mol. The molecule has 3 fully saturated rings. The molecule has 0 radical (unpaired) electrons. The average molecular weight is 802 g/mol. The lowest BCUT2D eigenvalue weighted by molar-refractivity contribution is -0.145. The second kappa shape index (κ2) is 19.1. The number of carbonyl (C=O) groups excluding carboxylic acids is 4. The largest absolute Gasteiger partial charge is 0.472 e. The van der Waals surface area contributed by atoms with E-state index in [0.29, 0.717) is 17.9 Å². The molecule has 1 aliphatic heterocycles. The molecule has 6 atom stereocenters. The van der Waals surface area contributed by atoms with Crippen LogP contribution in [0.15, 0.2) is 18.3 Å². The van der Waals surface area contributed by atoms with E-state index in [9.17, 15) is 24.3 Å². The monoisotopic (exact) mass is 801 g/mol. The molecule has 2 aromatic rings. The maximum absolute atomic E-state index is 14.8. The highest BCUT2D eigenvalue weighted by Gasteiger charge is 2.47. The zero-order chi connectivity index (χ0) is 40.6. The van der Waals surface area contributed by atoms with Crippen LogP contribution in [0.25, 0.3) is 0 Å². The van der Waals surface area contributed by atoms with Crippen LogP contribution in [0.1, 0.15) is 91.9 Å². The summed E-state index contributed by atoms with van der Waals surface area (Å²) in [6.07, 6.45) is 6.46. The van der Waals surface area contributed by atoms with Crippen LogP contribution in [0.2, 0.25) is 5.02 Å². The van der Waals surface area contributed by atoms with Crippen molar-refractivity contribution in [1.29, 1.82) is 0 Å². The number of halogens is 1. The van der Waals surface area contributed by atoms with E-state index >= 15 is 0 Å². The van der Waals surface area contributed by atoms with Gasteiger partial charge < -0.3 is 45.5 Å². The lowest BCUT2D eigenvalue weighted by Gasteiger charge is -2.37. The van der Waals surface area contributed by atoms with Gasteiger partial charge in [0.1, 0.15) is 24.2 Å². The highest BCUT2D eigenvalue weighted by molar-refractivity contribution is 6.30. The minimum atomic E-state index is -1.48. The van der Waals surface area contributed by atoms with Gasteiger partial charge in [-0.25, -0.2) is 4.98 Å². The number of ether oxygens (including phenoxy) is 3. The number of aliphatic hydroxyl groups is 1. The van der Waals surface area contributed by atoms with Gasteiger partial charge in [-0.15, -0.1) is 4.98 Å². The van der Waals surface area contributed by atoms with Crippen molar-refractivity contribution < 1.29 is 38.5 Å². The third kappa shape index (κ3) is 11.3. The molecule has 0 aromatic carbocycles. The number of nitrogens with one attached hydrogen (secondary N) is 4. The molecule has 1 unspecified atom stereocenters. The van der Waals surface area contributed by atoms with Gasteiger partial charge in [-0.05, 0) is 49.5 Å². The Labute approximate surface area is 332 Å². The van der Waals surface area contributed by atoms with E-state index in [1.54, 1.807) is 12.1 Å². The number of methoxy groups -OCH3 is 2. The number of nitrogens with zero attached hydrogens (tertiary/aromatic N) is 5. The smallest absolute Gasteiger partial charge is 0.324 e. The van der Waals surface area contributed by atoms with Crippen LogP contribution in [0, 0.1) is 11.3 Å². The van der Waals surface area contributed by atoms with E-state index in [0.717, 1.165) is 44.9 Å². The van der Waals surface area contributed by atoms with Crippen molar-refractivity contribution in [3.63, 3.8) is 0 Å². The predicted octanol–water partition coefficient (Wildman–Crippen LogP) is 2.80. The Bertz CT molecular complexity index is 1650. The fourth-order valence-corrected chi connectivity index (χ4v) is 7.32. The van der Waals surface area contributed by atoms with Gasteiger partial charge in [0.15, 0.2) is 6.10 Å². The normalized spacial score (nSPS) is 20.9. The second-order valence-electron chi connectivity index (χ2n) is 15.9. The summed E-state index contributed by atoms with van der Waals surface area (Å²) in [5, 5.41) is 23.3. The first-order chi connectivity index (χ1) is 26.7. The first-order valence-electron chi connectivity index (χ1n) is 19.5. The molecule has 0 bridgehead atoms. The van der Waals surface area contributed by atoms with Crippen molar-refractivity contribution in [3.05, 3.63) is 23.4 Å². The second-order valence-corrected chi connectivity index (χ2v) is 16.3. The Morgan fingerprint density at radius 2 is 1.64 bits per heavy atom. The molecule has 3 aliphatic rings. The minimum absolute atomic E-state index is 0.00158. The molecule has 4 amide bonds. The highest BCUT2D eigenvalue weighted by atomic mass is 35.5. The molecule has 2 saturated carbocycles. The van der Waals surface area contributed by atoms with Crippen molar-refractivity contribution >= 4 is 41.2 Å². The fraction of sp³-hybridized carbons (Fsp3) is 0.684. The lowest BCUT2D eigenvalue weighted by atomic mass is 9.82. The Balaban J connectivity index is 1.41. The number of carbonyl (C=O) groups is 4. The van der Waals surface area contributed by atoms with Gasteiger partial charge in [0.05, 0.1) is 31.8 Å². The SMILES string of the molecule is CCC[C@H](NC(=O)[C@@H]1C[C@@H](Oc2ccc(Cl)cn2)CN1C(=O)[C@@H](NC(=O)[C@@H](Nc1nc(OC)nc(OC)n1)C1CCCCC1)C(C)(C)C)C(O)C(=O)NC1CC1. The Morgan fingerprint density at radius 3 is 2.21 bits per heavy atom. The summed E-state index contributed by atoms with van der Waals surface area (Å²) in [4.78, 5) is 74.6. The molecular formula is C38H56ClN9O8. The van der Waals surface area contributed by atoms with E-state index in [-0.39, 0.29) is 48.8 Å². The summed E-state index contributed by atoms with van der Waals surface area (Å²) >= 11 is 6.04. The van der Waals surface area contributed by atoms with Crippen molar-refractivity contribution in [3.8, 4) is 17.9 Å². The van der Waals surface area contributed by atoms with Gasteiger partial charge in [0.2, 0.25) is 29.5 Å². The number of rotatable bonds is 17. The van der Waals surface area contributed by atoms with Gasteiger partial charge in [-0.2, -0.15) is 9.97 Å². The molecule has 2 aromatic heterocycles. The summed E-state index contributed by atoms with van der Waals surface area (Å²) in [6.45, 7) is 7.40. The number of likely N-dealkylation sites (tertiary alicyclic amines) is 1. The zero-order valence-electron chi connectivity index (χ0n) is 33.0. The molecule has 17 nitrogen and oxygen atoms in total. The molecule has 0 spiro atoms. The van der Waals surface area contributed by atoms with E-state index in [1.807, 2.05) is 27.7 Å². The van der Waals surface area contributed by atoms with Crippen LogP contribution in [-0.4, -0.2) is 117 Å². The van der Waals surface area contributed by atoms with E-state index in [2.05, 4.69) is 41.2 Å². The summed E-state index contributed by atoms with van der Waals surface area (Å²) in [7, 11) is 2.82. The number of hydrogen-bond acceptors (Lipinski definition) is 13. The standard InChI is InChI=1S/C38H56ClN9O8/c1-7-11-25(29(49)33(52)41-23-15-16-23)42-31(50)26-18-24(56-27-17-14-22(39)19-40-27)20-48(26)34(53)30(38(2,3)4)44-32(51)28(21-12-9-8-10-13-21)43-35-45-36(54-5)47-37(46-35)55-6/h14,17,19,21,23-26,28-30,49H,7-13,15-16,18,20H2,1-6H3,(H,41,52)(H,42,50)(H,44,51)(H,43,45,46,47)/t24-,25+,26+,28+,29?,30-/m1/s1. The van der Waals surface area contributed by atoms with Crippen molar-refractivity contribution in [2.45, 2.75) is 134 Å². The topological polar surface area (TPSA) is 219 Å². The third-order valence-electron chi connectivity index (χ3n) is 10.4. The van der Waals surface area contributed by atoms with Gasteiger partial charge in [0, 0.05) is 24.7 Å². The molecule has 308 valence electrons. The minimum Gasteiger partial charge on any atom is -0.472 e. The number of amides is 4. The summed E-state index contributed by atoms with van der Waals surface area (Å²) in [5.41, 5.74) is -0.816. The van der Waals surface area contributed by atoms with E-state index in [4.69, 9.17) is 25.8 Å². The summed E-state index contributed by atoms with van der Waals surface area (Å²) < 4.78 is 16.6. The summed E-state index contributed by atoms with van der Waals surface area (Å²) in [5.74, 6) is -1.78. The molecule has 1 saturated heterocycles. The van der Waals surface area contributed by atoms with Crippen LogP contribution >= 0.6 is 11.6 Å². The maximum atomic E-state index is 14.8. The average Bonchev–Trinajstić information content (AvgIpc) is 3.90. The van der Waals surface area contributed by atoms with E-state index in [1.165, 1.54) is 25.3 Å². The number of hydrogen-bond donors (Lipinski definition) is 5. The van der Waals surface area contributed by atoms with Crippen LogP contribution in [-0.2, 0) is 19.2 Å². The van der Waals surface area contributed by atoms with Crippen LogP contribution < -0.4 is 35.5 Å². The molecule has 2 aliphatic carbocycles. The molecule has 3 heterocycles. The number of aromatic nitrogens is 4. The molecule has 5 rings (SSSR count). The Hall–Kier alpha value is -4.51. The maximum Gasteiger partial charge on any atom is 0.324 e.